The highest BCUT2D eigenvalue weighted by atomic mass is 16.2. The Morgan fingerprint density at radius 1 is 1.23 bits per heavy atom. The number of nitrogens with one attached hydrogen (secondary N) is 1. The van der Waals surface area contributed by atoms with E-state index in [4.69, 9.17) is 0 Å². The fourth-order valence-electron chi connectivity index (χ4n) is 3.50. The molecular weight excluding hydrogens is 328 g/mol. The Bertz CT molecular complexity index is 779. The summed E-state index contributed by atoms with van der Waals surface area (Å²) in [5.41, 5.74) is 1.50. The molecule has 0 saturated carbocycles. The minimum absolute atomic E-state index is 0.0435. The van der Waals surface area contributed by atoms with E-state index in [9.17, 15) is 4.79 Å². The van der Waals surface area contributed by atoms with Crippen molar-refractivity contribution in [2.24, 2.45) is 5.92 Å². The molecule has 2 aliphatic rings. The summed E-state index contributed by atoms with van der Waals surface area (Å²) in [6.45, 7) is 2.16. The molecule has 1 N–H and O–H groups in total. The van der Waals surface area contributed by atoms with E-state index < -0.39 is 0 Å². The molecule has 2 aromatic rings. The quantitative estimate of drug-likeness (QED) is 0.806. The van der Waals surface area contributed by atoms with Gasteiger partial charge >= 0.3 is 0 Å². The highest BCUT2D eigenvalue weighted by Crippen LogP contribution is 2.24. The molecule has 3 heterocycles. The van der Waals surface area contributed by atoms with Crippen molar-refractivity contribution < 1.29 is 4.79 Å². The highest BCUT2D eigenvalue weighted by Gasteiger charge is 2.33. The zero-order valence-electron chi connectivity index (χ0n) is 14.8. The minimum Gasteiger partial charge on any atom is -0.355 e. The summed E-state index contributed by atoms with van der Waals surface area (Å²) < 4.78 is 1.84. The summed E-state index contributed by atoms with van der Waals surface area (Å²) in [7, 11) is 0. The fraction of sp³-hybridized carbons (Fsp3) is 0.474. The summed E-state index contributed by atoms with van der Waals surface area (Å²) in [6, 6.07) is 1.92. The first kappa shape index (κ1) is 16.8. The second-order valence-electron chi connectivity index (χ2n) is 6.96. The van der Waals surface area contributed by atoms with E-state index in [0.717, 1.165) is 24.6 Å². The molecule has 1 fully saturated rings. The molecule has 0 unspecified atom stereocenters. The normalized spacial score (nSPS) is 17.5. The summed E-state index contributed by atoms with van der Waals surface area (Å²) in [6.07, 6.45) is 15.1. The monoisotopic (exact) mass is 352 g/mol. The van der Waals surface area contributed by atoms with Gasteiger partial charge in [0.05, 0.1) is 5.92 Å². The first-order valence-corrected chi connectivity index (χ1v) is 9.30. The average Bonchev–Trinajstić information content (AvgIpc) is 3.16. The Morgan fingerprint density at radius 3 is 2.88 bits per heavy atom. The predicted molar refractivity (Wildman–Crippen MR) is 99.0 cm³/mol. The van der Waals surface area contributed by atoms with Crippen LogP contribution in [0.2, 0.25) is 0 Å². The third-order valence-electron chi connectivity index (χ3n) is 5.11. The van der Waals surface area contributed by atoms with Crippen molar-refractivity contribution in [2.45, 2.75) is 32.1 Å². The van der Waals surface area contributed by atoms with E-state index >= 15 is 0 Å². The van der Waals surface area contributed by atoms with Gasteiger partial charge in [-0.25, -0.2) is 15.0 Å². The summed E-state index contributed by atoms with van der Waals surface area (Å²) in [5.74, 6) is 1.82. The van der Waals surface area contributed by atoms with Crippen molar-refractivity contribution in [1.29, 1.82) is 0 Å². The molecule has 1 aliphatic heterocycles. The van der Waals surface area contributed by atoms with Crippen LogP contribution in [0.3, 0.4) is 0 Å². The molecule has 1 aliphatic carbocycles. The maximum absolute atomic E-state index is 12.3. The van der Waals surface area contributed by atoms with Crippen LogP contribution in [0.4, 0.5) is 5.82 Å². The molecule has 136 valence electrons. The Morgan fingerprint density at radius 2 is 2.12 bits per heavy atom. The van der Waals surface area contributed by atoms with E-state index in [0.29, 0.717) is 13.1 Å². The third kappa shape index (κ3) is 3.76. The fourth-order valence-corrected chi connectivity index (χ4v) is 3.50. The molecule has 0 spiro atoms. The number of carbonyl (C=O) groups is 1. The smallest absolute Gasteiger partial charge is 0.226 e. The molecule has 7 nitrogen and oxygen atoms in total. The Labute approximate surface area is 153 Å². The Balaban J connectivity index is 1.25. The maximum Gasteiger partial charge on any atom is 0.226 e. The van der Waals surface area contributed by atoms with Gasteiger partial charge in [-0.1, -0.05) is 11.6 Å². The molecule has 1 amide bonds. The van der Waals surface area contributed by atoms with Crippen LogP contribution >= 0.6 is 0 Å². The summed E-state index contributed by atoms with van der Waals surface area (Å²) in [5, 5.41) is 3.09. The second kappa shape index (κ2) is 7.68. The van der Waals surface area contributed by atoms with Crippen molar-refractivity contribution in [1.82, 2.24) is 24.8 Å². The first-order chi connectivity index (χ1) is 12.8. The number of hydrogen-bond acceptors (Lipinski definition) is 5. The molecule has 1 saturated heterocycles. The number of carbonyl (C=O) groups excluding carboxylic acids is 1. The van der Waals surface area contributed by atoms with Gasteiger partial charge < -0.3 is 10.2 Å². The highest BCUT2D eigenvalue weighted by molar-refractivity contribution is 5.81. The number of hydrogen-bond donors (Lipinski definition) is 1. The van der Waals surface area contributed by atoms with Crippen LogP contribution in [0.15, 0.2) is 42.8 Å². The number of rotatable bonds is 6. The van der Waals surface area contributed by atoms with Gasteiger partial charge in [0, 0.05) is 38.1 Å². The van der Waals surface area contributed by atoms with Gasteiger partial charge in [0.25, 0.3) is 0 Å². The maximum atomic E-state index is 12.3. The number of amides is 1. The first-order valence-electron chi connectivity index (χ1n) is 9.30. The van der Waals surface area contributed by atoms with Crippen molar-refractivity contribution >= 4 is 11.7 Å². The Hall–Kier alpha value is -2.70. The lowest BCUT2D eigenvalue weighted by atomic mass is 9.96. The molecule has 0 radical (unpaired) electrons. The standard InChI is InChI=1S/C19H24N6O/c26-19(21-7-6-15-4-2-1-3-5-15)16-11-25(12-16)18-10-17(22-13-23-18)24-9-8-20-14-24/h4,8-10,13-14,16H,1-3,5-7,11-12H2,(H,21,26). The SMILES string of the molecule is O=C(NCCC1=CCCCC1)C1CN(c2cc(-n3ccnc3)ncn2)C1. The van der Waals surface area contributed by atoms with Crippen molar-refractivity contribution in [3.63, 3.8) is 0 Å². The van der Waals surface area contributed by atoms with Gasteiger partial charge in [-0.05, 0) is 32.1 Å². The van der Waals surface area contributed by atoms with Crippen LogP contribution in [-0.4, -0.2) is 45.1 Å². The van der Waals surface area contributed by atoms with Crippen LogP contribution in [0.5, 0.6) is 0 Å². The number of nitrogens with zero attached hydrogens (tertiary/aromatic N) is 5. The van der Waals surface area contributed by atoms with Gasteiger partial charge in [0.2, 0.25) is 5.91 Å². The van der Waals surface area contributed by atoms with Crippen LogP contribution < -0.4 is 10.2 Å². The number of allylic oxidation sites excluding steroid dienone is 1. The number of anilines is 1. The van der Waals surface area contributed by atoms with Crippen LogP contribution in [0, 0.1) is 5.92 Å². The number of aromatic nitrogens is 4. The van der Waals surface area contributed by atoms with Crippen LogP contribution in [0.25, 0.3) is 5.82 Å². The zero-order chi connectivity index (χ0) is 17.8. The lowest BCUT2D eigenvalue weighted by molar-refractivity contribution is -0.125. The lowest BCUT2D eigenvalue weighted by Gasteiger charge is -2.39. The summed E-state index contributed by atoms with van der Waals surface area (Å²) in [4.78, 5) is 27.0. The van der Waals surface area contributed by atoms with Crippen LogP contribution in [0.1, 0.15) is 32.1 Å². The zero-order valence-corrected chi connectivity index (χ0v) is 14.8. The van der Waals surface area contributed by atoms with E-state index in [1.807, 2.05) is 16.8 Å². The molecule has 4 rings (SSSR count). The molecule has 2 aromatic heterocycles. The summed E-state index contributed by atoms with van der Waals surface area (Å²) >= 11 is 0. The van der Waals surface area contributed by atoms with E-state index in [2.05, 4.69) is 31.2 Å². The molecule has 7 heteroatoms. The van der Waals surface area contributed by atoms with Crippen molar-refractivity contribution in [2.75, 3.05) is 24.5 Å². The van der Waals surface area contributed by atoms with E-state index in [1.54, 1.807) is 18.9 Å². The van der Waals surface area contributed by atoms with Gasteiger partial charge in [0.1, 0.15) is 24.3 Å². The second-order valence-corrected chi connectivity index (χ2v) is 6.96. The Kier molecular flexibility index (Phi) is 4.95. The van der Waals surface area contributed by atoms with Crippen molar-refractivity contribution in [3.05, 3.63) is 42.8 Å². The van der Waals surface area contributed by atoms with Gasteiger partial charge in [-0.3, -0.25) is 9.36 Å². The average molecular weight is 352 g/mol. The molecule has 0 bridgehead atoms. The topological polar surface area (TPSA) is 75.9 Å². The van der Waals surface area contributed by atoms with E-state index in [1.165, 1.54) is 31.3 Å². The molecular formula is C19H24N6O. The largest absolute Gasteiger partial charge is 0.355 e. The van der Waals surface area contributed by atoms with Gasteiger partial charge in [-0.2, -0.15) is 0 Å². The molecule has 0 atom stereocenters. The number of imidazole rings is 1. The van der Waals surface area contributed by atoms with Crippen molar-refractivity contribution in [3.8, 4) is 5.82 Å². The van der Waals surface area contributed by atoms with Gasteiger partial charge in [0.15, 0.2) is 0 Å². The van der Waals surface area contributed by atoms with Gasteiger partial charge in [-0.15, -0.1) is 0 Å². The van der Waals surface area contributed by atoms with Crippen LogP contribution in [-0.2, 0) is 4.79 Å². The third-order valence-corrected chi connectivity index (χ3v) is 5.11. The predicted octanol–water partition coefficient (Wildman–Crippen LogP) is 2.11. The molecule has 26 heavy (non-hydrogen) atoms. The lowest BCUT2D eigenvalue weighted by Crippen LogP contribution is -2.54. The minimum atomic E-state index is 0.0435. The molecule has 0 aromatic carbocycles. The van der Waals surface area contributed by atoms with E-state index in [-0.39, 0.29) is 11.8 Å².